The highest BCUT2D eigenvalue weighted by atomic mass is 31.2. The van der Waals surface area contributed by atoms with Crippen LogP contribution < -0.4 is 5.09 Å². The van der Waals surface area contributed by atoms with E-state index in [1.54, 1.807) is 13.3 Å². The van der Waals surface area contributed by atoms with E-state index in [0.717, 1.165) is 0 Å². The number of nitrogens with one attached hydrogen (secondary N) is 1. The lowest BCUT2D eigenvalue weighted by atomic mass is 10.0. The minimum atomic E-state index is -2.04. The highest BCUT2D eigenvalue weighted by Gasteiger charge is 2.25. The summed E-state index contributed by atoms with van der Waals surface area (Å²) >= 11 is 0. The van der Waals surface area contributed by atoms with Crippen molar-refractivity contribution in [2.45, 2.75) is 79.9 Å². The minimum absolute atomic E-state index is 0.00694. The molecular formula is C17H43NO2P2. The molecule has 1 N–H and O–H groups in total. The Bertz CT molecular complexity index is 378. The van der Waals surface area contributed by atoms with E-state index in [4.69, 9.17) is 0 Å². The molecule has 0 amide bonds. The van der Waals surface area contributed by atoms with Gasteiger partial charge in [-0.3, -0.25) is 5.09 Å². The highest BCUT2D eigenvalue weighted by molar-refractivity contribution is 7.63. The van der Waals surface area contributed by atoms with Gasteiger partial charge in [0.25, 0.3) is 0 Å². The minimum Gasteiger partial charge on any atom is -0.324 e. The van der Waals surface area contributed by atoms with E-state index in [0.29, 0.717) is 5.41 Å². The molecule has 0 saturated carbocycles. The number of rotatable bonds is 1. The average Bonchev–Trinajstić information content (AvgIpc) is 1.86. The van der Waals surface area contributed by atoms with E-state index < -0.39 is 14.4 Å². The van der Waals surface area contributed by atoms with Crippen molar-refractivity contribution in [3.63, 3.8) is 0 Å². The molecule has 0 bridgehead atoms. The van der Waals surface area contributed by atoms with E-state index in [-0.39, 0.29) is 10.7 Å². The van der Waals surface area contributed by atoms with Crippen LogP contribution in [0, 0.1) is 5.41 Å². The Labute approximate surface area is 141 Å². The molecule has 0 rings (SSSR count). The summed E-state index contributed by atoms with van der Waals surface area (Å²) in [6.07, 6.45) is 0. The van der Waals surface area contributed by atoms with Crippen LogP contribution in [-0.4, -0.2) is 37.4 Å². The Hall–Kier alpha value is 0.420. The van der Waals surface area contributed by atoms with E-state index in [1.807, 2.05) is 54.9 Å². The molecule has 0 aliphatic heterocycles. The van der Waals surface area contributed by atoms with E-state index in [2.05, 4.69) is 32.8 Å². The molecule has 0 atom stereocenters. The fraction of sp³-hybridized carbons (Fsp3) is 1.00. The SMILES string of the molecule is CC(C)(C)C.CC(C)(C)NP(C)(C)=O.CC(C)(C)P(C)(C)=O. The van der Waals surface area contributed by atoms with Gasteiger partial charge in [-0.25, -0.2) is 0 Å². The molecule has 3 nitrogen and oxygen atoms in total. The normalized spacial score (nSPS) is 13.5. The lowest BCUT2D eigenvalue weighted by Gasteiger charge is -2.23. The van der Waals surface area contributed by atoms with Gasteiger partial charge < -0.3 is 9.13 Å². The van der Waals surface area contributed by atoms with Crippen LogP contribution in [0.1, 0.15) is 69.2 Å². The van der Waals surface area contributed by atoms with Gasteiger partial charge in [0, 0.05) is 24.0 Å². The zero-order valence-electron chi connectivity index (χ0n) is 17.7. The van der Waals surface area contributed by atoms with Crippen molar-refractivity contribution in [1.29, 1.82) is 0 Å². The number of hydrogen-bond acceptors (Lipinski definition) is 2. The van der Waals surface area contributed by atoms with Crippen LogP contribution in [-0.2, 0) is 9.13 Å². The Balaban J connectivity index is -0.000000257. The summed E-state index contributed by atoms with van der Waals surface area (Å²) in [4.78, 5) is 0. The van der Waals surface area contributed by atoms with Crippen LogP contribution in [0.4, 0.5) is 0 Å². The zero-order chi connectivity index (χ0) is 19.2. The van der Waals surface area contributed by atoms with Gasteiger partial charge >= 0.3 is 0 Å². The Morgan fingerprint density at radius 1 is 0.636 bits per heavy atom. The molecule has 0 aromatic heterocycles. The molecule has 22 heavy (non-hydrogen) atoms. The van der Waals surface area contributed by atoms with Gasteiger partial charge in [0.2, 0.25) is 0 Å². The molecule has 0 aromatic carbocycles. The van der Waals surface area contributed by atoms with E-state index in [9.17, 15) is 9.13 Å². The first-order valence-electron chi connectivity index (χ1n) is 7.85. The first-order chi connectivity index (χ1) is 8.96. The topological polar surface area (TPSA) is 46.2 Å². The number of hydrogen-bond donors (Lipinski definition) is 1. The molecule has 0 spiro atoms. The van der Waals surface area contributed by atoms with Gasteiger partial charge in [0.05, 0.1) is 7.14 Å². The second kappa shape index (κ2) is 9.05. The first kappa shape index (κ1) is 27.3. The van der Waals surface area contributed by atoms with Crippen molar-refractivity contribution in [2.75, 3.05) is 26.7 Å². The monoisotopic (exact) mass is 355 g/mol. The van der Waals surface area contributed by atoms with Crippen LogP contribution in [0.3, 0.4) is 0 Å². The van der Waals surface area contributed by atoms with Crippen molar-refractivity contribution < 1.29 is 9.13 Å². The maximum absolute atomic E-state index is 11.2. The summed E-state index contributed by atoms with van der Waals surface area (Å²) in [7, 11) is -3.89. The van der Waals surface area contributed by atoms with Gasteiger partial charge in [-0.05, 0) is 39.5 Å². The molecular weight excluding hydrogens is 312 g/mol. The van der Waals surface area contributed by atoms with Gasteiger partial charge in [-0.15, -0.1) is 0 Å². The molecule has 0 saturated heterocycles. The van der Waals surface area contributed by atoms with Crippen LogP contribution in [0.5, 0.6) is 0 Å². The lowest BCUT2D eigenvalue weighted by Crippen LogP contribution is -2.32. The van der Waals surface area contributed by atoms with Crippen molar-refractivity contribution in [2.24, 2.45) is 5.41 Å². The smallest absolute Gasteiger partial charge is 0.142 e. The third kappa shape index (κ3) is 32.4. The first-order valence-corrected chi connectivity index (χ1v) is 13.1. The highest BCUT2D eigenvalue weighted by Crippen LogP contribution is 2.50. The standard InChI is InChI=1S/C6H16NOP.C6H15OP.C5H12/c1-6(2,3)7-9(4,5)8;1-6(2,3)8(4,5)7;1-5(2,3)4/h1-5H3,(H,7,8);1-5H3;1-4H3. The molecule has 0 unspecified atom stereocenters. The second-order valence-corrected chi connectivity index (χ2v) is 17.2. The fourth-order valence-electron chi connectivity index (χ4n) is 0.808. The van der Waals surface area contributed by atoms with E-state index >= 15 is 0 Å². The molecule has 0 radical (unpaired) electrons. The molecule has 138 valence electrons. The van der Waals surface area contributed by atoms with Crippen LogP contribution in [0.25, 0.3) is 0 Å². The molecule has 5 heteroatoms. The molecule has 0 fully saturated rings. The Morgan fingerprint density at radius 2 is 0.818 bits per heavy atom. The quantitative estimate of drug-likeness (QED) is 0.556. The average molecular weight is 355 g/mol. The molecule has 0 heterocycles. The third-order valence-electron chi connectivity index (χ3n) is 2.22. The summed E-state index contributed by atoms with van der Waals surface area (Å²) in [6.45, 7) is 27.9. The van der Waals surface area contributed by atoms with Gasteiger partial charge in [0.1, 0.15) is 7.29 Å². The Kier molecular flexibility index (Phi) is 11.2. The molecule has 0 aliphatic rings. The Morgan fingerprint density at radius 3 is 0.818 bits per heavy atom. The largest absolute Gasteiger partial charge is 0.324 e. The second-order valence-electron chi connectivity index (χ2n) is 10.2. The summed E-state index contributed by atoms with van der Waals surface area (Å²) in [5.41, 5.74) is 0.471. The van der Waals surface area contributed by atoms with Crippen LogP contribution in [0.15, 0.2) is 0 Å². The van der Waals surface area contributed by atoms with Gasteiger partial charge in [-0.1, -0.05) is 48.5 Å². The fourth-order valence-corrected chi connectivity index (χ4v) is 2.42. The summed E-state index contributed by atoms with van der Waals surface area (Å²) in [5, 5.41) is 3.01. The summed E-state index contributed by atoms with van der Waals surface area (Å²) in [6, 6.07) is 0. The lowest BCUT2D eigenvalue weighted by molar-refractivity contribution is 0.469. The molecule has 0 aromatic rings. The van der Waals surface area contributed by atoms with Crippen molar-refractivity contribution in [3.05, 3.63) is 0 Å². The maximum atomic E-state index is 11.2. The summed E-state index contributed by atoms with van der Waals surface area (Å²) in [5.74, 6) is 0. The van der Waals surface area contributed by atoms with Gasteiger partial charge in [-0.2, -0.15) is 0 Å². The summed E-state index contributed by atoms with van der Waals surface area (Å²) < 4.78 is 22.4. The van der Waals surface area contributed by atoms with Crippen LogP contribution >= 0.6 is 14.4 Å². The zero-order valence-corrected chi connectivity index (χ0v) is 19.5. The van der Waals surface area contributed by atoms with Crippen molar-refractivity contribution in [1.82, 2.24) is 5.09 Å². The van der Waals surface area contributed by atoms with Gasteiger partial charge in [0.15, 0.2) is 0 Å². The maximum Gasteiger partial charge on any atom is 0.142 e. The predicted molar refractivity (Wildman–Crippen MR) is 107 cm³/mol. The molecule has 0 aliphatic carbocycles. The van der Waals surface area contributed by atoms with Crippen LogP contribution in [0.2, 0.25) is 0 Å². The van der Waals surface area contributed by atoms with Crippen molar-refractivity contribution in [3.8, 4) is 0 Å². The third-order valence-corrected chi connectivity index (χ3v) is 6.66. The van der Waals surface area contributed by atoms with Crippen molar-refractivity contribution >= 4 is 14.4 Å². The predicted octanol–water partition coefficient (Wildman–Crippen LogP) is 6.37. The van der Waals surface area contributed by atoms with E-state index in [1.165, 1.54) is 0 Å².